The minimum atomic E-state index is -0.0561. The largest absolute Gasteiger partial charge is 0.493 e. The van der Waals surface area contributed by atoms with Crippen molar-refractivity contribution in [2.45, 2.75) is 19.3 Å². The second-order valence-corrected chi connectivity index (χ2v) is 8.14. The molecule has 0 radical (unpaired) electrons. The van der Waals surface area contributed by atoms with Crippen molar-refractivity contribution in [2.24, 2.45) is 0 Å². The predicted molar refractivity (Wildman–Crippen MR) is 119 cm³/mol. The molecule has 1 heterocycles. The summed E-state index contributed by atoms with van der Waals surface area (Å²) in [6.07, 6.45) is 1.95. The van der Waals surface area contributed by atoms with Gasteiger partial charge in [0.1, 0.15) is 0 Å². The number of benzene rings is 2. The molecule has 7 heteroatoms. The van der Waals surface area contributed by atoms with Gasteiger partial charge in [0.15, 0.2) is 11.5 Å². The fourth-order valence-corrected chi connectivity index (χ4v) is 4.07. The van der Waals surface area contributed by atoms with Crippen LogP contribution in [0.1, 0.15) is 28.8 Å². The van der Waals surface area contributed by atoms with E-state index in [0.717, 1.165) is 16.5 Å². The Morgan fingerprint density at radius 2 is 1.67 bits per heavy atom. The van der Waals surface area contributed by atoms with Gasteiger partial charge in [0.05, 0.1) is 14.2 Å². The quantitative estimate of drug-likeness (QED) is 0.639. The van der Waals surface area contributed by atoms with Crippen LogP contribution in [0.3, 0.4) is 0 Å². The summed E-state index contributed by atoms with van der Waals surface area (Å²) >= 11 is 3.46. The highest BCUT2D eigenvalue weighted by molar-refractivity contribution is 9.10. The van der Waals surface area contributed by atoms with E-state index < -0.39 is 0 Å². The van der Waals surface area contributed by atoms with Crippen molar-refractivity contribution in [3.63, 3.8) is 0 Å². The third-order valence-electron chi connectivity index (χ3n) is 5.28. The molecular formula is C23H27BrN2O4. The van der Waals surface area contributed by atoms with E-state index in [9.17, 15) is 9.59 Å². The van der Waals surface area contributed by atoms with Gasteiger partial charge in [-0.25, -0.2) is 0 Å². The van der Waals surface area contributed by atoms with Crippen molar-refractivity contribution >= 4 is 27.7 Å². The molecule has 2 aromatic rings. The summed E-state index contributed by atoms with van der Waals surface area (Å²) in [5.41, 5.74) is 1.69. The van der Waals surface area contributed by atoms with Crippen LogP contribution in [0.2, 0.25) is 0 Å². The predicted octanol–water partition coefficient (Wildman–Crippen LogP) is 3.77. The summed E-state index contributed by atoms with van der Waals surface area (Å²) in [6, 6.07) is 13.2. The van der Waals surface area contributed by atoms with Crippen LogP contribution in [-0.2, 0) is 11.2 Å². The molecule has 0 spiro atoms. The van der Waals surface area contributed by atoms with E-state index in [2.05, 4.69) is 15.9 Å². The summed E-state index contributed by atoms with van der Waals surface area (Å²) in [5.74, 6) is 1.20. The van der Waals surface area contributed by atoms with Gasteiger partial charge in [-0.15, -0.1) is 0 Å². The van der Waals surface area contributed by atoms with Crippen LogP contribution in [0, 0.1) is 0 Å². The Morgan fingerprint density at radius 3 is 2.40 bits per heavy atom. The van der Waals surface area contributed by atoms with Crippen molar-refractivity contribution in [1.82, 2.24) is 9.80 Å². The minimum absolute atomic E-state index is 0.0561. The van der Waals surface area contributed by atoms with Crippen molar-refractivity contribution in [3.8, 4) is 11.5 Å². The second kappa shape index (κ2) is 10.5. The molecule has 2 amide bonds. The lowest BCUT2D eigenvalue weighted by Crippen LogP contribution is -2.37. The van der Waals surface area contributed by atoms with Crippen LogP contribution in [0.15, 0.2) is 46.9 Å². The fourth-order valence-electron chi connectivity index (χ4n) is 3.62. The number of ether oxygens (including phenoxy) is 2. The lowest BCUT2D eigenvalue weighted by Gasteiger charge is -2.22. The summed E-state index contributed by atoms with van der Waals surface area (Å²) in [6.45, 7) is 2.38. The lowest BCUT2D eigenvalue weighted by molar-refractivity contribution is -0.131. The van der Waals surface area contributed by atoms with Crippen LogP contribution in [0.5, 0.6) is 11.5 Å². The van der Waals surface area contributed by atoms with Crippen molar-refractivity contribution < 1.29 is 19.1 Å². The summed E-state index contributed by atoms with van der Waals surface area (Å²) in [4.78, 5) is 29.3. The Hall–Kier alpha value is -2.54. The zero-order chi connectivity index (χ0) is 21.5. The van der Waals surface area contributed by atoms with E-state index >= 15 is 0 Å². The van der Waals surface area contributed by atoms with E-state index in [1.54, 1.807) is 32.4 Å². The van der Waals surface area contributed by atoms with Gasteiger partial charge in [-0.1, -0.05) is 28.1 Å². The Morgan fingerprint density at radius 1 is 0.933 bits per heavy atom. The van der Waals surface area contributed by atoms with Gasteiger partial charge in [-0.3, -0.25) is 9.59 Å². The van der Waals surface area contributed by atoms with Crippen LogP contribution < -0.4 is 9.47 Å². The summed E-state index contributed by atoms with van der Waals surface area (Å²) in [7, 11) is 3.12. The molecule has 6 nitrogen and oxygen atoms in total. The van der Waals surface area contributed by atoms with E-state index in [-0.39, 0.29) is 11.8 Å². The Bertz CT molecular complexity index is 903. The number of halogens is 1. The van der Waals surface area contributed by atoms with Gasteiger partial charge in [0.2, 0.25) is 5.91 Å². The molecular weight excluding hydrogens is 448 g/mol. The molecule has 0 N–H and O–H groups in total. The Balaban J connectivity index is 1.57. The highest BCUT2D eigenvalue weighted by atomic mass is 79.9. The molecule has 1 aliphatic heterocycles. The third-order valence-corrected chi connectivity index (χ3v) is 5.78. The van der Waals surface area contributed by atoms with Crippen LogP contribution in [0.25, 0.3) is 0 Å². The van der Waals surface area contributed by atoms with Gasteiger partial charge in [-0.2, -0.15) is 0 Å². The maximum atomic E-state index is 13.0. The molecule has 0 aromatic heterocycles. The fraction of sp³-hybridized carbons (Fsp3) is 0.391. The molecule has 1 fully saturated rings. The number of amides is 2. The number of nitrogens with zero attached hydrogens (tertiary/aromatic N) is 2. The molecule has 160 valence electrons. The molecule has 1 aliphatic rings. The monoisotopic (exact) mass is 474 g/mol. The molecule has 3 rings (SSSR count). The van der Waals surface area contributed by atoms with E-state index in [0.29, 0.717) is 56.1 Å². The topological polar surface area (TPSA) is 59.1 Å². The first-order valence-corrected chi connectivity index (χ1v) is 10.8. The first-order chi connectivity index (χ1) is 14.5. The molecule has 1 saturated heterocycles. The lowest BCUT2D eigenvalue weighted by atomic mass is 10.1. The van der Waals surface area contributed by atoms with Gasteiger partial charge in [0.25, 0.3) is 5.91 Å². The number of aryl methyl sites for hydroxylation is 1. The minimum Gasteiger partial charge on any atom is -0.493 e. The third kappa shape index (κ3) is 5.53. The van der Waals surface area contributed by atoms with E-state index in [4.69, 9.17) is 9.47 Å². The number of methoxy groups -OCH3 is 2. The molecule has 0 atom stereocenters. The average Bonchev–Trinajstić information content (AvgIpc) is 3.03. The average molecular weight is 475 g/mol. The van der Waals surface area contributed by atoms with E-state index in [1.165, 1.54) is 0 Å². The normalized spacial score (nSPS) is 14.2. The van der Waals surface area contributed by atoms with Gasteiger partial charge >= 0.3 is 0 Å². The second-order valence-electron chi connectivity index (χ2n) is 7.23. The smallest absolute Gasteiger partial charge is 0.254 e. The molecule has 0 unspecified atom stereocenters. The summed E-state index contributed by atoms with van der Waals surface area (Å²) < 4.78 is 11.6. The Kier molecular flexibility index (Phi) is 7.74. The number of carbonyl (C=O) groups is 2. The first kappa shape index (κ1) is 22.2. The van der Waals surface area contributed by atoms with Crippen LogP contribution in [0.4, 0.5) is 0 Å². The maximum Gasteiger partial charge on any atom is 0.254 e. The van der Waals surface area contributed by atoms with Crippen LogP contribution >= 0.6 is 15.9 Å². The van der Waals surface area contributed by atoms with Gasteiger partial charge in [0, 0.05) is 42.6 Å². The Labute approximate surface area is 185 Å². The van der Waals surface area contributed by atoms with Crippen molar-refractivity contribution in [2.75, 3.05) is 40.4 Å². The number of carbonyl (C=O) groups excluding carboxylic acids is 2. The molecule has 0 aliphatic carbocycles. The SMILES string of the molecule is COc1ccc(C(=O)N2CCCN(C(=O)CCc3cccc(Br)c3)CC2)cc1OC. The van der Waals surface area contributed by atoms with Gasteiger partial charge in [-0.05, 0) is 48.7 Å². The molecule has 0 saturated carbocycles. The molecule has 2 aromatic carbocycles. The molecule has 0 bridgehead atoms. The molecule has 30 heavy (non-hydrogen) atoms. The van der Waals surface area contributed by atoms with Crippen molar-refractivity contribution in [3.05, 3.63) is 58.1 Å². The highest BCUT2D eigenvalue weighted by Gasteiger charge is 2.23. The first-order valence-electron chi connectivity index (χ1n) is 10.1. The van der Waals surface area contributed by atoms with Gasteiger partial charge < -0.3 is 19.3 Å². The number of hydrogen-bond acceptors (Lipinski definition) is 4. The number of rotatable bonds is 6. The zero-order valence-corrected chi connectivity index (χ0v) is 19.0. The van der Waals surface area contributed by atoms with Crippen molar-refractivity contribution in [1.29, 1.82) is 0 Å². The standard InChI is InChI=1S/C23H27BrN2O4/c1-29-20-9-8-18(16-21(20)30-2)23(28)26-12-4-11-25(13-14-26)22(27)10-7-17-5-3-6-19(24)15-17/h3,5-6,8-9,15-16H,4,7,10-14H2,1-2H3. The zero-order valence-electron chi connectivity index (χ0n) is 17.4. The number of hydrogen-bond donors (Lipinski definition) is 0. The summed E-state index contributed by atoms with van der Waals surface area (Å²) in [5, 5.41) is 0. The van der Waals surface area contributed by atoms with E-state index in [1.807, 2.05) is 34.1 Å². The highest BCUT2D eigenvalue weighted by Crippen LogP contribution is 2.28. The maximum absolute atomic E-state index is 13.0. The van der Waals surface area contributed by atoms with Crippen LogP contribution in [-0.4, -0.2) is 62.0 Å².